The summed E-state index contributed by atoms with van der Waals surface area (Å²) in [5.74, 6) is 0.215. The van der Waals surface area contributed by atoms with Crippen LogP contribution in [0.2, 0.25) is 0 Å². The van der Waals surface area contributed by atoms with E-state index in [9.17, 15) is 9.59 Å². The number of carbonyl (C=O) groups excluding carboxylic acids is 2. The summed E-state index contributed by atoms with van der Waals surface area (Å²) in [6, 6.07) is 3.60. The van der Waals surface area contributed by atoms with Crippen LogP contribution in [0.3, 0.4) is 0 Å². The van der Waals surface area contributed by atoms with Crippen LogP contribution >= 0.6 is 0 Å². The molecule has 1 aromatic carbocycles. The van der Waals surface area contributed by atoms with E-state index in [2.05, 4.69) is 0 Å². The van der Waals surface area contributed by atoms with Gasteiger partial charge in [0, 0.05) is 0 Å². The van der Waals surface area contributed by atoms with Crippen molar-refractivity contribution in [3.8, 4) is 5.75 Å². The van der Waals surface area contributed by atoms with Gasteiger partial charge in [0.2, 0.25) is 0 Å². The number of ketones is 2. The number of carbonyl (C=O) groups is 2. The van der Waals surface area contributed by atoms with Crippen LogP contribution in [0.15, 0.2) is 12.1 Å². The summed E-state index contributed by atoms with van der Waals surface area (Å²) in [6.45, 7) is 5.29. The van der Waals surface area contributed by atoms with Gasteiger partial charge in [0.05, 0.1) is 19.1 Å². The minimum Gasteiger partial charge on any atom is -0.496 e. The Balaban J connectivity index is 3.16. The molecule has 0 unspecified atom stereocenters. The maximum Gasteiger partial charge on any atom is 0.173 e. The van der Waals surface area contributed by atoms with Gasteiger partial charge in [-0.1, -0.05) is 0 Å². The molecule has 86 valence electrons. The quantitative estimate of drug-likeness (QED) is 0.578. The average molecular weight is 220 g/mol. The highest BCUT2D eigenvalue weighted by Gasteiger charge is 2.15. The van der Waals surface area contributed by atoms with E-state index in [0.29, 0.717) is 11.3 Å². The van der Waals surface area contributed by atoms with Crippen LogP contribution in [-0.4, -0.2) is 18.7 Å². The SMILES string of the molecule is COc1cc(C)c(C)cc1C(=O)CC(C)=O. The molecule has 0 atom stereocenters. The molecular weight excluding hydrogens is 204 g/mol. The lowest BCUT2D eigenvalue weighted by molar-refractivity contribution is -0.116. The Morgan fingerprint density at radius 1 is 1.19 bits per heavy atom. The zero-order chi connectivity index (χ0) is 12.3. The van der Waals surface area contributed by atoms with Crippen LogP contribution in [0.5, 0.6) is 5.75 Å². The summed E-state index contributed by atoms with van der Waals surface area (Å²) >= 11 is 0. The summed E-state index contributed by atoms with van der Waals surface area (Å²) in [5.41, 5.74) is 2.57. The molecule has 1 aromatic rings. The third-order valence-electron chi connectivity index (χ3n) is 2.53. The van der Waals surface area contributed by atoms with E-state index in [1.165, 1.54) is 14.0 Å². The zero-order valence-electron chi connectivity index (χ0n) is 10.1. The number of aryl methyl sites for hydroxylation is 2. The van der Waals surface area contributed by atoms with Crippen LogP contribution in [0, 0.1) is 13.8 Å². The first kappa shape index (κ1) is 12.4. The molecule has 0 aliphatic heterocycles. The Hall–Kier alpha value is -1.64. The Morgan fingerprint density at radius 2 is 1.75 bits per heavy atom. The Bertz CT molecular complexity index is 433. The highest BCUT2D eigenvalue weighted by molar-refractivity contribution is 6.08. The van der Waals surface area contributed by atoms with Crippen molar-refractivity contribution in [2.45, 2.75) is 27.2 Å². The van der Waals surface area contributed by atoms with Gasteiger partial charge in [0.15, 0.2) is 5.78 Å². The van der Waals surface area contributed by atoms with Crippen molar-refractivity contribution in [2.75, 3.05) is 7.11 Å². The molecule has 0 spiro atoms. The number of hydrogen-bond donors (Lipinski definition) is 0. The highest BCUT2D eigenvalue weighted by atomic mass is 16.5. The predicted octanol–water partition coefficient (Wildman–Crippen LogP) is 2.47. The lowest BCUT2D eigenvalue weighted by atomic mass is 10.00. The first-order valence-electron chi connectivity index (χ1n) is 5.13. The van der Waals surface area contributed by atoms with E-state index in [-0.39, 0.29) is 18.0 Å². The maximum absolute atomic E-state index is 11.8. The molecule has 0 saturated carbocycles. The van der Waals surface area contributed by atoms with Gasteiger partial charge in [-0.15, -0.1) is 0 Å². The monoisotopic (exact) mass is 220 g/mol. The number of ether oxygens (including phenoxy) is 1. The molecule has 0 heterocycles. The molecule has 16 heavy (non-hydrogen) atoms. The van der Waals surface area contributed by atoms with Gasteiger partial charge in [-0.3, -0.25) is 9.59 Å². The minimum absolute atomic E-state index is 0.0706. The van der Waals surface area contributed by atoms with Gasteiger partial charge < -0.3 is 4.74 Å². The molecule has 0 amide bonds. The van der Waals surface area contributed by atoms with Crippen LogP contribution in [0.4, 0.5) is 0 Å². The maximum atomic E-state index is 11.8. The number of methoxy groups -OCH3 is 1. The molecule has 0 N–H and O–H groups in total. The molecular formula is C13H16O3. The van der Waals surface area contributed by atoms with Crippen molar-refractivity contribution in [2.24, 2.45) is 0 Å². The van der Waals surface area contributed by atoms with Gasteiger partial charge in [-0.2, -0.15) is 0 Å². The van der Waals surface area contributed by atoms with Gasteiger partial charge in [0.25, 0.3) is 0 Å². The number of Topliss-reactive ketones (excluding diaryl/α,β-unsaturated/α-hetero) is 2. The summed E-state index contributed by atoms with van der Waals surface area (Å²) in [7, 11) is 1.52. The highest BCUT2D eigenvalue weighted by Crippen LogP contribution is 2.24. The van der Waals surface area contributed by atoms with Crippen LogP contribution in [0.1, 0.15) is 34.8 Å². The molecule has 0 aliphatic rings. The zero-order valence-corrected chi connectivity index (χ0v) is 10.1. The standard InChI is InChI=1S/C13H16O3/c1-8-5-11(12(15)7-10(3)14)13(16-4)6-9(8)2/h5-6H,7H2,1-4H3. The van der Waals surface area contributed by atoms with Crippen molar-refractivity contribution in [1.29, 1.82) is 0 Å². The molecule has 0 aromatic heterocycles. The van der Waals surface area contributed by atoms with Gasteiger partial charge in [0.1, 0.15) is 11.5 Å². The second kappa shape index (κ2) is 4.92. The van der Waals surface area contributed by atoms with E-state index in [4.69, 9.17) is 4.74 Å². The summed E-state index contributed by atoms with van der Waals surface area (Å²) in [5, 5.41) is 0. The van der Waals surface area contributed by atoms with Gasteiger partial charge in [-0.25, -0.2) is 0 Å². The van der Waals surface area contributed by atoms with E-state index in [1.54, 1.807) is 6.07 Å². The third kappa shape index (κ3) is 2.69. The normalized spacial score (nSPS) is 10.0. The molecule has 1 rings (SSSR count). The second-order valence-corrected chi connectivity index (χ2v) is 3.94. The Labute approximate surface area is 95.4 Å². The molecule has 0 fully saturated rings. The minimum atomic E-state index is -0.188. The van der Waals surface area contributed by atoms with E-state index in [0.717, 1.165) is 11.1 Å². The molecule has 3 nitrogen and oxygen atoms in total. The Kier molecular flexibility index (Phi) is 3.82. The predicted molar refractivity (Wildman–Crippen MR) is 62.1 cm³/mol. The molecule has 0 bridgehead atoms. The molecule has 0 saturated heterocycles. The number of rotatable bonds is 4. The Morgan fingerprint density at radius 3 is 2.25 bits per heavy atom. The topological polar surface area (TPSA) is 43.4 Å². The van der Waals surface area contributed by atoms with E-state index >= 15 is 0 Å². The smallest absolute Gasteiger partial charge is 0.173 e. The summed E-state index contributed by atoms with van der Waals surface area (Å²) in [4.78, 5) is 22.7. The second-order valence-electron chi connectivity index (χ2n) is 3.94. The van der Waals surface area contributed by atoms with Crippen molar-refractivity contribution in [3.63, 3.8) is 0 Å². The first-order valence-corrected chi connectivity index (χ1v) is 5.13. The average Bonchev–Trinajstić information content (AvgIpc) is 2.20. The van der Waals surface area contributed by atoms with Crippen molar-refractivity contribution < 1.29 is 14.3 Å². The molecule has 0 aliphatic carbocycles. The summed E-state index contributed by atoms with van der Waals surface area (Å²) in [6.07, 6.45) is -0.0706. The first-order chi connectivity index (χ1) is 7.45. The lowest BCUT2D eigenvalue weighted by Gasteiger charge is -2.10. The fourth-order valence-electron chi connectivity index (χ4n) is 1.50. The van der Waals surface area contributed by atoms with Crippen LogP contribution in [-0.2, 0) is 4.79 Å². The molecule has 3 heteroatoms. The fourth-order valence-corrected chi connectivity index (χ4v) is 1.50. The third-order valence-corrected chi connectivity index (χ3v) is 2.53. The van der Waals surface area contributed by atoms with E-state index < -0.39 is 0 Å². The number of benzene rings is 1. The van der Waals surface area contributed by atoms with Crippen LogP contribution in [0.25, 0.3) is 0 Å². The largest absolute Gasteiger partial charge is 0.496 e. The van der Waals surface area contributed by atoms with Gasteiger partial charge in [-0.05, 0) is 44.0 Å². The fraction of sp³-hybridized carbons (Fsp3) is 0.385. The van der Waals surface area contributed by atoms with E-state index in [1.807, 2.05) is 19.9 Å². The van der Waals surface area contributed by atoms with Crippen molar-refractivity contribution in [3.05, 3.63) is 28.8 Å². The van der Waals surface area contributed by atoms with Gasteiger partial charge >= 0.3 is 0 Å². The number of hydrogen-bond acceptors (Lipinski definition) is 3. The lowest BCUT2D eigenvalue weighted by Crippen LogP contribution is -2.07. The molecule has 0 radical (unpaired) electrons. The van der Waals surface area contributed by atoms with Crippen molar-refractivity contribution in [1.82, 2.24) is 0 Å². The summed E-state index contributed by atoms with van der Waals surface area (Å²) < 4.78 is 5.15. The van der Waals surface area contributed by atoms with Crippen LogP contribution < -0.4 is 4.74 Å². The van der Waals surface area contributed by atoms with Crippen molar-refractivity contribution >= 4 is 11.6 Å².